The van der Waals surface area contributed by atoms with Gasteiger partial charge in [0.25, 0.3) is 11.8 Å². The van der Waals surface area contributed by atoms with Crippen molar-refractivity contribution in [3.63, 3.8) is 0 Å². The SMILES string of the molecule is Cc1nc(C(=O)N2C[C@@H]3C[C@@H]3[C@H]2CNC(=O)c2sc3nccn3c2C)c(-c2cccc(Cl)c2)s1. The maximum atomic E-state index is 13.7. The average molecular weight is 512 g/mol. The van der Waals surface area contributed by atoms with Gasteiger partial charge in [0, 0.05) is 36.2 Å². The average Bonchev–Trinajstić information content (AvgIpc) is 3.18. The zero-order valence-corrected chi connectivity index (χ0v) is 21.0. The molecule has 0 spiro atoms. The number of benzene rings is 1. The highest BCUT2D eigenvalue weighted by atomic mass is 35.5. The number of piperidine rings is 1. The predicted molar refractivity (Wildman–Crippen MR) is 134 cm³/mol. The summed E-state index contributed by atoms with van der Waals surface area (Å²) in [5.41, 5.74) is 2.24. The fourth-order valence-electron chi connectivity index (χ4n) is 4.98. The quantitative estimate of drug-likeness (QED) is 0.422. The van der Waals surface area contributed by atoms with Gasteiger partial charge in [-0.15, -0.1) is 11.3 Å². The summed E-state index contributed by atoms with van der Waals surface area (Å²) in [7, 11) is 0. The van der Waals surface area contributed by atoms with Gasteiger partial charge < -0.3 is 10.2 Å². The van der Waals surface area contributed by atoms with Crippen LogP contribution in [0.25, 0.3) is 15.4 Å². The summed E-state index contributed by atoms with van der Waals surface area (Å²) in [4.78, 5) is 39.7. The topological polar surface area (TPSA) is 79.6 Å². The third-order valence-corrected chi connectivity index (χ3v) is 9.18. The summed E-state index contributed by atoms with van der Waals surface area (Å²) < 4.78 is 1.92. The van der Waals surface area contributed by atoms with Crippen LogP contribution in [-0.2, 0) is 0 Å². The second-order valence-corrected chi connectivity index (χ2v) is 11.5. The maximum Gasteiger partial charge on any atom is 0.274 e. The first-order valence-electron chi connectivity index (χ1n) is 11.2. The van der Waals surface area contributed by atoms with Crippen LogP contribution in [0.4, 0.5) is 0 Å². The van der Waals surface area contributed by atoms with Gasteiger partial charge >= 0.3 is 0 Å². The van der Waals surface area contributed by atoms with Gasteiger partial charge in [-0.2, -0.15) is 0 Å². The zero-order chi connectivity index (χ0) is 23.6. The van der Waals surface area contributed by atoms with Crippen molar-refractivity contribution in [1.82, 2.24) is 24.6 Å². The highest BCUT2D eigenvalue weighted by molar-refractivity contribution is 7.19. The van der Waals surface area contributed by atoms with Crippen LogP contribution in [0.2, 0.25) is 5.02 Å². The Morgan fingerprint density at radius 2 is 2.12 bits per heavy atom. The Morgan fingerprint density at radius 1 is 1.26 bits per heavy atom. The van der Waals surface area contributed by atoms with Crippen LogP contribution >= 0.6 is 34.3 Å². The Kier molecular flexibility index (Phi) is 5.24. The van der Waals surface area contributed by atoms with E-state index in [0.29, 0.717) is 40.5 Å². The van der Waals surface area contributed by atoms with Crippen molar-refractivity contribution in [2.45, 2.75) is 26.3 Å². The second-order valence-electron chi connectivity index (χ2n) is 8.91. The van der Waals surface area contributed by atoms with E-state index in [9.17, 15) is 9.59 Å². The molecule has 174 valence electrons. The van der Waals surface area contributed by atoms with Gasteiger partial charge in [0.2, 0.25) is 0 Å². The fourth-order valence-corrected chi connectivity index (χ4v) is 7.08. The van der Waals surface area contributed by atoms with Gasteiger partial charge in [-0.25, -0.2) is 9.97 Å². The second kappa shape index (κ2) is 8.18. The molecule has 2 aliphatic rings. The van der Waals surface area contributed by atoms with Crippen molar-refractivity contribution >= 4 is 51.0 Å². The predicted octanol–water partition coefficient (Wildman–Crippen LogP) is 4.68. The molecule has 6 rings (SSSR count). The highest BCUT2D eigenvalue weighted by Gasteiger charge is 2.54. The molecular formula is C24H22ClN5O2S2. The number of carbonyl (C=O) groups is 2. The summed E-state index contributed by atoms with van der Waals surface area (Å²) in [6.07, 6.45) is 4.69. The molecule has 4 aromatic rings. The van der Waals surface area contributed by atoms with Crippen molar-refractivity contribution in [2.75, 3.05) is 13.1 Å². The lowest BCUT2D eigenvalue weighted by Crippen LogP contribution is -2.45. The Morgan fingerprint density at radius 3 is 2.91 bits per heavy atom. The number of aryl methyl sites for hydroxylation is 2. The van der Waals surface area contributed by atoms with Crippen LogP contribution in [-0.4, -0.2) is 50.2 Å². The van der Waals surface area contributed by atoms with Gasteiger partial charge in [-0.05, 0) is 49.8 Å². The number of rotatable bonds is 5. The molecule has 0 unspecified atom stereocenters. The van der Waals surface area contributed by atoms with E-state index < -0.39 is 0 Å². The summed E-state index contributed by atoms with van der Waals surface area (Å²) in [6, 6.07) is 7.49. The molecule has 1 saturated heterocycles. The third-order valence-electron chi connectivity index (χ3n) is 6.76. The van der Waals surface area contributed by atoms with Crippen molar-refractivity contribution in [1.29, 1.82) is 0 Å². The third kappa shape index (κ3) is 3.62. The minimum absolute atomic E-state index is 0.0278. The minimum atomic E-state index is -0.117. The maximum absolute atomic E-state index is 13.7. The first-order chi connectivity index (χ1) is 16.4. The van der Waals surface area contributed by atoms with Crippen molar-refractivity contribution in [3.8, 4) is 10.4 Å². The van der Waals surface area contributed by atoms with E-state index in [2.05, 4.69) is 15.3 Å². The normalized spacial score (nSPS) is 21.1. The number of halogens is 1. The number of amides is 2. The van der Waals surface area contributed by atoms with E-state index in [-0.39, 0.29) is 17.9 Å². The van der Waals surface area contributed by atoms with Gasteiger partial charge in [0.15, 0.2) is 4.96 Å². The van der Waals surface area contributed by atoms with E-state index in [1.54, 1.807) is 6.20 Å². The fraction of sp³-hybridized carbons (Fsp3) is 0.333. The number of imidazole rings is 1. The number of hydrogen-bond acceptors (Lipinski definition) is 6. The summed E-state index contributed by atoms with van der Waals surface area (Å²) in [5.74, 6) is 0.748. The van der Waals surface area contributed by atoms with Crippen LogP contribution < -0.4 is 5.32 Å². The standard InChI is InChI=1S/C24H22ClN5O2S2/c1-12-20(34-24-26-6-7-29(12)24)22(31)27-10-18-17-9-15(17)11-30(18)23(32)19-21(33-13(2)28-19)14-4-3-5-16(25)8-14/h3-8,15,17-18H,9-11H2,1-2H3,(H,27,31)/t15-,17-,18+/m0/s1. The van der Waals surface area contributed by atoms with E-state index >= 15 is 0 Å². The number of thiazole rings is 2. The van der Waals surface area contributed by atoms with Crippen LogP contribution in [0.3, 0.4) is 0 Å². The highest BCUT2D eigenvalue weighted by Crippen LogP contribution is 2.50. The molecule has 1 aliphatic heterocycles. The monoisotopic (exact) mass is 511 g/mol. The van der Waals surface area contributed by atoms with E-state index in [1.165, 1.54) is 22.7 Å². The molecule has 1 aliphatic carbocycles. The Labute approximate surface area is 209 Å². The molecule has 1 saturated carbocycles. The molecule has 3 atom stereocenters. The Bertz CT molecular complexity index is 1440. The lowest BCUT2D eigenvalue weighted by Gasteiger charge is -2.27. The molecule has 0 radical (unpaired) electrons. The summed E-state index contributed by atoms with van der Waals surface area (Å²) in [5, 5.41) is 4.55. The summed E-state index contributed by atoms with van der Waals surface area (Å²) >= 11 is 9.09. The number of carbonyl (C=O) groups excluding carboxylic acids is 2. The van der Waals surface area contributed by atoms with Crippen LogP contribution in [0.15, 0.2) is 36.7 Å². The van der Waals surface area contributed by atoms with Crippen molar-refractivity contribution in [2.24, 2.45) is 11.8 Å². The van der Waals surface area contributed by atoms with Gasteiger partial charge in [0.05, 0.1) is 15.9 Å². The molecule has 1 aromatic carbocycles. The van der Waals surface area contributed by atoms with Gasteiger partial charge in [-0.1, -0.05) is 35.1 Å². The first kappa shape index (κ1) is 21.8. The number of nitrogens with zero attached hydrogens (tertiary/aromatic N) is 4. The van der Waals surface area contributed by atoms with Crippen LogP contribution in [0.1, 0.15) is 37.3 Å². The van der Waals surface area contributed by atoms with Gasteiger partial charge in [-0.3, -0.25) is 14.0 Å². The molecule has 2 amide bonds. The Balaban J connectivity index is 1.23. The number of hydrogen-bond donors (Lipinski definition) is 1. The Hall–Kier alpha value is -2.75. The molecule has 1 N–H and O–H groups in total. The van der Waals surface area contributed by atoms with E-state index in [4.69, 9.17) is 11.6 Å². The first-order valence-corrected chi connectivity index (χ1v) is 13.2. The molecule has 7 nitrogen and oxygen atoms in total. The molecule has 4 heterocycles. The van der Waals surface area contributed by atoms with E-state index in [1.807, 2.05) is 53.6 Å². The van der Waals surface area contributed by atoms with Crippen molar-refractivity contribution < 1.29 is 9.59 Å². The van der Waals surface area contributed by atoms with E-state index in [0.717, 1.165) is 32.5 Å². The molecule has 3 aromatic heterocycles. The number of aromatic nitrogens is 3. The number of fused-ring (bicyclic) bond motifs is 2. The smallest absolute Gasteiger partial charge is 0.274 e. The lowest BCUT2D eigenvalue weighted by atomic mass is 10.1. The number of likely N-dealkylation sites (tertiary alicyclic amines) is 1. The molecule has 2 fully saturated rings. The van der Waals surface area contributed by atoms with Crippen LogP contribution in [0.5, 0.6) is 0 Å². The lowest BCUT2D eigenvalue weighted by molar-refractivity contribution is 0.0690. The summed E-state index contributed by atoms with van der Waals surface area (Å²) in [6.45, 7) is 4.97. The van der Waals surface area contributed by atoms with Crippen molar-refractivity contribution in [3.05, 3.63) is 63.0 Å². The minimum Gasteiger partial charge on any atom is -0.349 e. The number of nitrogens with one attached hydrogen (secondary N) is 1. The zero-order valence-electron chi connectivity index (χ0n) is 18.6. The van der Waals surface area contributed by atoms with Gasteiger partial charge in [0.1, 0.15) is 10.6 Å². The molecule has 0 bridgehead atoms. The molecule has 10 heteroatoms. The molecular weight excluding hydrogens is 490 g/mol. The largest absolute Gasteiger partial charge is 0.349 e. The van der Waals surface area contributed by atoms with Crippen LogP contribution in [0, 0.1) is 25.7 Å². The molecule has 34 heavy (non-hydrogen) atoms.